The van der Waals surface area contributed by atoms with Crippen molar-refractivity contribution in [3.8, 4) is 10.6 Å². The maximum atomic E-state index is 12.0. The second-order valence-electron chi connectivity index (χ2n) is 5.13. The van der Waals surface area contributed by atoms with Crippen molar-refractivity contribution >= 4 is 17.2 Å². The molecule has 0 aliphatic heterocycles. The summed E-state index contributed by atoms with van der Waals surface area (Å²) in [4.78, 5) is 36.3. The largest absolute Gasteiger partial charge is 0.353 e. The van der Waals surface area contributed by atoms with E-state index in [1.165, 1.54) is 34.3 Å². The molecule has 0 radical (unpaired) electrons. The zero-order chi connectivity index (χ0) is 17.6. The van der Waals surface area contributed by atoms with E-state index in [9.17, 15) is 14.4 Å². The molecule has 0 aliphatic rings. The second kappa shape index (κ2) is 7.67. The molecule has 3 heterocycles. The van der Waals surface area contributed by atoms with Gasteiger partial charge in [-0.25, -0.2) is 9.36 Å². The molecule has 9 heteroatoms. The fraction of sp³-hybridized carbons (Fsp3) is 0.188. The van der Waals surface area contributed by atoms with E-state index in [-0.39, 0.29) is 36.7 Å². The molecule has 0 saturated heterocycles. The van der Waals surface area contributed by atoms with Crippen molar-refractivity contribution in [1.29, 1.82) is 0 Å². The van der Waals surface area contributed by atoms with E-state index in [0.717, 1.165) is 9.56 Å². The van der Waals surface area contributed by atoms with E-state index < -0.39 is 0 Å². The summed E-state index contributed by atoms with van der Waals surface area (Å²) < 4.78 is 2.37. The van der Waals surface area contributed by atoms with Crippen LogP contribution in [0.2, 0.25) is 0 Å². The monoisotopic (exact) mass is 357 g/mol. The van der Waals surface area contributed by atoms with Crippen molar-refractivity contribution in [3.05, 3.63) is 68.7 Å². The van der Waals surface area contributed by atoms with Gasteiger partial charge in [-0.05, 0) is 23.6 Å². The topological polar surface area (TPSA) is 98.9 Å². The van der Waals surface area contributed by atoms with E-state index in [2.05, 4.69) is 15.5 Å². The van der Waals surface area contributed by atoms with Gasteiger partial charge in [-0.15, -0.1) is 11.3 Å². The Hall–Kier alpha value is -3.07. The molecule has 8 nitrogen and oxygen atoms in total. The van der Waals surface area contributed by atoms with Crippen LogP contribution < -0.4 is 16.4 Å². The van der Waals surface area contributed by atoms with Crippen LogP contribution in [-0.4, -0.2) is 32.0 Å². The average molecular weight is 357 g/mol. The standard InChI is InChI=1S/C16H15N5O3S/c22-14(17-8-9-20-15(23)4-1-7-18-20)11-21-16(24)6-5-12(19-21)13-3-2-10-25-13/h1-7,10H,8-9,11H2,(H,17,22). The first-order chi connectivity index (χ1) is 12.1. The lowest BCUT2D eigenvalue weighted by Crippen LogP contribution is -2.36. The van der Waals surface area contributed by atoms with Gasteiger partial charge < -0.3 is 5.32 Å². The molecule has 1 N–H and O–H groups in total. The molecule has 0 aromatic carbocycles. The van der Waals surface area contributed by atoms with Crippen LogP contribution in [0.3, 0.4) is 0 Å². The number of hydrogen-bond donors (Lipinski definition) is 1. The summed E-state index contributed by atoms with van der Waals surface area (Å²) in [5.41, 5.74) is 0.0529. The number of amides is 1. The minimum Gasteiger partial charge on any atom is -0.353 e. The van der Waals surface area contributed by atoms with Crippen LogP contribution in [0.4, 0.5) is 0 Å². The number of rotatable bonds is 6. The van der Waals surface area contributed by atoms with Crippen LogP contribution in [0, 0.1) is 0 Å². The maximum Gasteiger partial charge on any atom is 0.267 e. The molecule has 3 aromatic rings. The highest BCUT2D eigenvalue weighted by molar-refractivity contribution is 7.13. The summed E-state index contributed by atoms with van der Waals surface area (Å²) in [6.07, 6.45) is 1.50. The fourth-order valence-corrected chi connectivity index (χ4v) is 2.86. The lowest BCUT2D eigenvalue weighted by Gasteiger charge is -2.08. The highest BCUT2D eigenvalue weighted by atomic mass is 32.1. The lowest BCUT2D eigenvalue weighted by molar-refractivity contribution is -0.121. The van der Waals surface area contributed by atoms with Crippen LogP contribution >= 0.6 is 11.3 Å². The Morgan fingerprint density at radius 3 is 2.68 bits per heavy atom. The van der Waals surface area contributed by atoms with Crippen LogP contribution in [0.5, 0.6) is 0 Å². The Morgan fingerprint density at radius 1 is 1.08 bits per heavy atom. The van der Waals surface area contributed by atoms with E-state index in [0.29, 0.717) is 5.69 Å². The van der Waals surface area contributed by atoms with Gasteiger partial charge in [0.25, 0.3) is 11.1 Å². The number of aromatic nitrogens is 4. The molecule has 0 atom stereocenters. The molecule has 0 aliphatic carbocycles. The summed E-state index contributed by atoms with van der Waals surface area (Å²) in [5.74, 6) is -0.359. The predicted octanol–water partition coefficient (Wildman–Crippen LogP) is 0.345. The van der Waals surface area contributed by atoms with E-state index in [4.69, 9.17) is 0 Å². The smallest absolute Gasteiger partial charge is 0.267 e. The van der Waals surface area contributed by atoms with Crippen molar-refractivity contribution in [2.45, 2.75) is 13.1 Å². The van der Waals surface area contributed by atoms with E-state index in [1.807, 2.05) is 17.5 Å². The Labute approximate surface area is 146 Å². The molecule has 0 spiro atoms. The normalized spacial score (nSPS) is 10.6. The first-order valence-corrected chi connectivity index (χ1v) is 8.42. The number of thiophene rings is 1. The van der Waals surface area contributed by atoms with Gasteiger partial charge in [0.1, 0.15) is 12.2 Å². The quantitative estimate of drug-likeness (QED) is 0.686. The number of carbonyl (C=O) groups excluding carboxylic acids is 1. The first kappa shape index (κ1) is 16.8. The Balaban J connectivity index is 1.61. The van der Waals surface area contributed by atoms with Crippen molar-refractivity contribution in [2.24, 2.45) is 0 Å². The molecule has 0 bridgehead atoms. The highest BCUT2D eigenvalue weighted by Gasteiger charge is 2.08. The maximum absolute atomic E-state index is 12.0. The number of hydrogen-bond acceptors (Lipinski definition) is 6. The Kier molecular flexibility index (Phi) is 5.14. The minimum absolute atomic E-state index is 0.185. The first-order valence-electron chi connectivity index (χ1n) is 7.54. The summed E-state index contributed by atoms with van der Waals surface area (Å²) >= 11 is 1.50. The van der Waals surface area contributed by atoms with Crippen molar-refractivity contribution < 1.29 is 4.79 Å². The summed E-state index contributed by atoms with van der Waals surface area (Å²) in [7, 11) is 0. The second-order valence-corrected chi connectivity index (χ2v) is 6.07. The molecule has 3 rings (SSSR count). The van der Waals surface area contributed by atoms with Crippen LogP contribution in [0.15, 0.2) is 57.6 Å². The van der Waals surface area contributed by atoms with Crippen LogP contribution in [0.1, 0.15) is 0 Å². The third-order valence-electron chi connectivity index (χ3n) is 3.36. The molecule has 0 fully saturated rings. The summed E-state index contributed by atoms with van der Waals surface area (Å²) in [5, 5.41) is 12.7. The summed E-state index contributed by atoms with van der Waals surface area (Å²) in [6.45, 7) is 0.299. The van der Waals surface area contributed by atoms with Gasteiger partial charge >= 0.3 is 0 Å². The zero-order valence-corrected chi connectivity index (χ0v) is 14.0. The lowest BCUT2D eigenvalue weighted by atomic mass is 10.3. The van der Waals surface area contributed by atoms with Crippen molar-refractivity contribution in [2.75, 3.05) is 6.54 Å². The molecule has 128 valence electrons. The molecule has 0 unspecified atom stereocenters. The molecular formula is C16H15N5O3S. The minimum atomic E-state index is -0.359. The number of nitrogens with one attached hydrogen (secondary N) is 1. The van der Waals surface area contributed by atoms with Crippen molar-refractivity contribution in [1.82, 2.24) is 24.9 Å². The van der Waals surface area contributed by atoms with Gasteiger partial charge in [0.2, 0.25) is 5.91 Å². The van der Waals surface area contributed by atoms with Gasteiger partial charge in [0.05, 0.1) is 11.4 Å². The summed E-state index contributed by atoms with van der Waals surface area (Å²) in [6, 6.07) is 9.76. The van der Waals surface area contributed by atoms with Crippen LogP contribution in [0.25, 0.3) is 10.6 Å². The Morgan fingerprint density at radius 2 is 1.92 bits per heavy atom. The average Bonchev–Trinajstić information content (AvgIpc) is 3.13. The molecule has 3 aromatic heterocycles. The SMILES string of the molecule is O=C(Cn1nc(-c2cccs2)ccc1=O)NCCn1ncccc1=O. The molecule has 1 amide bonds. The van der Waals surface area contributed by atoms with Gasteiger partial charge in [-0.2, -0.15) is 10.2 Å². The zero-order valence-electron chi connectivity index (χ0n) is 13.2. The number of nitrogens with zero attached hydrogens (tertiary/aromatic N) is 4. The van der Waals surface area contributed by atoms with Gasteiger partial charge in [-0.1, -0.05) is 6.07 Å². The van der Waals surface area contributed by atoms with E-state index >= 15 is 0 Å². The Bertz CT molecular complexity index is 978. The van der Waals surface area contributed by atoms with Gasteiger partial charge in [0, 0.05) is 24.9 Å². The molecule has 25 heavy (non-hydrogen) atoms. The van der Waals surface area contributed by atoms with Gasteiger partial charge in [-0.3, -0.25) is 14.4 Å². The van der Waals surface area contributed by atoms with Gasteiger partial charge in [0.15, 0.2) is 0 Å². The number of carbonyl (C=O) groups is 1. The van der Waals surface area contributed by atoms with E-state index in [1.54, 1.807) is 12.1 Å². The van der Waals surface area contributed by atoms with Crippen molar-refractivity contribution in [3.63, 3.8) is 0 Å². The predicted molar refractivity (Wildman–Crippen MR) is 93.3 cm³/mol. The fourth-order valence-electron chi connectivity index (χ4n) is 2.17. The molecular weight excluding hydrogens is 342 g/mol. The molecule has 0 saturated carbocycles. The third-order valence-corrected chi connectivity index (χ3v) is 4.26. The van der Waals surface area contributed by atoms with Crippen LogP contribution in [-0.2, 0) is 17.9 Å². The third kappa shape index (κ3) is 4.27. The highest BCUT2D eigenvalue weighted by Crippen LogP contribution is 2.20.